The third-order valence-corrected chi connectivity index (χ3v) is 5.33. The second kappa shape index (κ2) is 6.24. The van der Waals surface area contributed by atoms with E-state index in [4.69, 9.17) is 0 Å². The fourth-order valence-corrected chi connectivity index (χ4v) is 3.64. The molecule has 1 atom stereocenters. The number of hydrogen-bond acceptors (Lipinski definition) is 3. The summed E-state index contributed by atoms with van der Waals surface area (Å²) in [7, 11) is -3.67. The normalized spacial score (nSPS) is 17.2. The predicted molar refractivity (Wildman–Crippen MR) is 79.7 cm³/mol. The van der Waals surface area contributed by atoms with Crippen molar-refractivity contribution in [2.75, 3.05) is 13.1 Å². The van der Waals surface area contributed by atoms with E-state index in [0.29, 0.717) is 13.1 Å². The molecule has 5 nitrogen and oxygen atoms in total. The lowest BCUT2D eigenvalue weighted by atomic mass is 10.3. The highest BCUT2D eigenvalue weighted by atomic mass is 79.9. The number of carbonyl (C=O) groups is 1. The van der Waals surface area contributed by atoms with Crippen molar-refractivity contribution in [2.24, 2.45) is 0 Å². The topological polar surface area (TPSA) is 66.5 Å². The molecule has 20 heavy (non-hydrogen) atoms. The molecule has 110 valence electrons. The number of carbonyl (C=O) groups excluding carboxylic acids is 1. The van der Waals surface area contributed by atoms with Crippen LogP contribution in [0, 0.1) is 0 Å². The number of benzene rings is 1. The van der Waals surface area contributed by atoms with Crippen LogP contribution in [0.3, 0.4) is 0 Å². The highest BCUT2D eigenvalue weighted by Gasteiger charge is 2.27. The fraction of sp³-hybridized carbons (Fsp3) is 0.462. The number of sulfonamides is 1. The van der Waals surface area contributed by atoms with Crippen molar-refractivity contribution in [1.29, 1.82) is 0 Å². The zero-order valence-corrected chi connectivity index (χ0v) is 13.6. The van der Waals surface area contributed by atoms with Crippen LogP contribution in [0.5, 0.6) is 0 Å². The molecule has 7 heteroatoms. The number of hydrogen-bond donors (Lipinski definition) is 1. The molecule has 2 rings (SSSR count). The van der Waals surface area contributed by atoms with E-state index >= 15 is 0 Å². The smallest absolute Gasteiger partial charge is 0.241 e. The Kier molecular flexibility index (Phi) is 4.82. The van der Waals surface area contributed by atoms with E-state index in [1.54, 1.807) is 24.0 Å². The SMILES string of the molecule is C[C@H](NS(=O)(=O)c1ccc(Br)cc1)C(=O)N1CCCC1. The Morgan fingerprint density at radius 1 is 1.25 bits per heavy atom. The maximum Gasteiger partial charge on any atom is 0.241 e. The number of nitrogens with one attached hydrogen (secondary N) is 1. The Morgan fingerprint density at radius 3 is 2.35 bits per heavy atom. The van der Waals surface area contributed by atoms with Crippen molar-refractivity contribution in [3.05, 3.63) is 28.7 Å². The molecule has 1 aliphatic rings. The molecule has 0 radical (unpaired) electrons. The molecule has 1 aromatic rings. The van der Waals surface area contributed by atoms with Crippen LogP contribution < -0.4 is 4.72 Å². The van der Waals surface area contributed by atoms with Crippen LogP contribution in [0.4, 0.5) is 0 Å². The minimum Gasteiger partial charge on any atom is -0.341 e. The highest BCUT2D eigenvalue weighted by Crippen LogP contribution is 2.15. The van der Waals surface area contributed by atoms with Crippen LogP contribution in [0.15, 0.2) is 33.6 Å². The van der Waals surface area contributed by atoms with Gasteiger partial charge in [0.15, 0.2) is 0 Å². The van der Waals surface area contributed by atoms with Crippen molar-refractivity contribution in [2.45, 2.75) is 30.7 Å². The second-order valence-corrected chi connectivity index (χ2v) is 7.46. The van der Waals surface area contributed by atoms with Crippen molar-refractivity contribution in [1.82, 2.24) is 9.62 Å². The van der Waals surface area contributed by atoms with Crippen LogP contribution in [0.25, 0.3) is 0 Å². The Bertz CT molecular complexity index is 580. The summed E-state index contributed by atoms with van der Waals surface area (Å²) < 4.78 is 27.6. The van der Waals surface area contributed by atoms with Gasteiger partial charge in [0.25, 0.3) is 0 Å². The van der Waals surface area contributed by atoms with Crippen LogP contribution in [0.1, 0.15) is 19.8 Å². The second-order valence-electron chi connectivity index (χ2n) is 4.83. The van der Waals surface area contributed by atoms with Gasteiger partial charge in [-0.05, 0) is 44.0 Å². The summed E-state index contributed by atoms with van der Waals surface area (Å²) in [6.07, 6.45) is 1.97. The van der Waals surface area contributed by atoms with Crippen molar-refractivity contribution in [3.63, 3.8) is 0 Å². The minimum atomic E-state index is -3.67. The molecule has 0 spiro atoms. The Hall–Kier alpha value is -0.920. The molecule has 1 aromatic carbocycles. The summed E-state index contributed by atoms with van der Waals surface area (Å²) in [6.45, 7) is 3.00. The van der Waals surface area contributed by atoms with Gasteiger partial charge in [0.2, 0.25) is 15.9 Å². The van der Waals surface area contributed by atoms with Crippen molar-refractivity contribution < 1.29 is 13.2 Å². The van der Waals surface area contributed by atoms with E-state index in [-0.39, 0.29) is 10.8 Å². The molecule has 1 saturated heterocycles. The number of halogens is 1. The summed E-state index contributed by atoms with van der Waals surface area (Å²) in [4.78, 5) is 14.0. The minimum absolute atomic E-state index is 0.154. The molecule has 0 bridgehead atoms. The van der Waals surface area contributed by atoms with Gasteiger partial charge in [0.1, 0.15) is 0 Å². The quantitative estimate of drug-likeness (QED) is 0.889. The van der Waals surface area contributed by atoms with Gasteiger partial charge in [-0.2, -0.15) is 4.72 Å². The summed E-state index contributed by atoms with van der Waals surface area (Å²) in [5, 5.41) is 0. The molecule has 0 aromatic heterocycles. The number of rotatable bonds is 4. The molecule has 1 N–H and O–H groups in total. The first-order valence-corrected chi connectivity index (χ1v) is 8.74. The van der Waals surface area contributed by atoms with Crippen molar-refractivity contribution >= 4 is 31.9 Å². The third kappa shape index (κ3) is 3.59. The first-order chi connectivity index (χ1) is 9.40. The zero-order valence-electron chi connectivity index (χ0n) is 11.2. The van der Waals surface area contributed by atoms with E-state index in [1.807, 2.05) is 0 Å². The lowest BCUT2D eigenvalue weighted by Crippen LogP contribution is -2.45. The maximum absolute atomic E-state index is 12.2. The van der Waals surface area contributed by atoms with E-state index in [9.17, 15) is 13.2 Å². The molecule has 0 saturated carbocycles. The van der Waals surface area contributed by atoms with Crippen molar-refractivity contribution in [3.8, 4) is 0 Å². The van der Waals surface area contributed by atoms with Gasteiger partial charge in [-0.1, -0.05) is 15.9 Å². The molecule has 0 aliphatic carbocycles. The standard InChI is InChI=1S/C13H17BrN2O3S/c1-10(13(17)16-8-2-3-9-16)15-20(18,19)12-6-4-11(14)5-7-12/h4-7,10,15H,2-3,8-9H2,1H3/t10-/m0/s1. The summed E-state index contributed by atoms with van der Waals surface area (Å²) in [5.74, 6) is -0.164. The van der Waals surface area contributed by atoms with Gasteiger partial charge < -0.3 is 4.90 Å². The van der Waals surface area contributed by atoms with Gasteiger partial charge in [0, 0.05) is 17.6 Å². The monoisotopic (exact) mass is 360 g/mol. The van der Waals surface area contributed by atoms with Crippen LogP contribution in [-0.2, 0) is 14.8 Å². The molecular formula is C13H17BrN2O3S. The molecular weight excluding hydrogens is 344 g/mol. The van der Waals surface area contributed by atoms with Gasteiger partial charge in [0.05, 0.1) is 10.9 Å². The maximum atomic E-state index is 12.2. The van der Waals surface area contributed by atoms with E-state index < -0.39 is 16.1 Å². The lowest BCUT2D eigenvalue weighted by Gasteiger charge is -2.21. The summed E-state index contributed by atoms with van der Waals surface area (Å²) in [6, 6.07) is 5.56. The third-order valence-electron chi connectivity index (χ3n) is 3.24. The molecule has 0 unspecified atom stereocenters. The van der Waals surface area contributed by atoms with Gasteiger partial charge in [-0.3, -0.25) is 4.79 Å². The fourth-order valence-electron chi connectivity index (χ4n) is 2.18. The first kappa shape index (κ1) is 15.5. The lowest BCUT2D eigenvalue weighted by molar-refractivity contribution is -0.131. The molecule has 1 heterocycles. The number of likely N-dealkylation sites (tertiary alicyclic amines) is 1. The van der Waals surface area contributed by atoms with E-state index in [1.165, 1.54) is 12.1 Å². The van der Waals surface area contributed by atoms with Crippen LogP contribution in [-0.4, -0.2) is 38.4 Å². The molecule has 1 fully saturated rings. The average molecular weight is 361 g/mol. The average Bonchev–Trinajstić information content (AvgIpc) is 2.91. The van der Waals surface area contributed by atoms with Gasteiger partial charge in [-0.15, -0.1) is 0 Å². The van der Waals surface area contributed by atoms with E-state index in [2.05, 4.69) is 20.7 Å². The van der Waals surface area contributed by atoms with E-state index in [0.717, 1.165) is 17.3 Å². The molecule has 1 aliphatic heterocycles. The Labute approximate surface area is 127 Å². The van der Waals surface area contributed by atoms with Crippen LogP contribution in [0.2, 0.25) is 0 Å². The van der Waals surface area contributed by atoms with Gasteiger partial charge in [-0.25, -0.2) is 8.42 Å². The first-order valence-electron chi connectivity index (χ1n) is 6.47. The summed E-state index contributed by atoms with van der Waals surface area (Å²) in [5.41, 5.74) is 0. The predicted octanol–water partition coefficient (Wildman–Crippen LogP) is 1.74. The number of nitrogens with zero attached hydrogens (tertiary/aromatic N) is 1. The van der Waals surface area contributed by atoms with Crippen LogP contribution >= 0.6 is 15.9 Å². The zero-order chi connectivity index (χ0) is 14.8. The highest BCUT2D eigenvalue weighted by molar-refractivity contribution is 9.10. The Morgan fingerprint density at radius 2 is 1.80 bits per heavy atom. The van der Waals surface area contributed by atoms with Gasteiger partial charge >= 0.3 is 0 Å². The summed E-state index contributed by atoms with van der Waals surface area (Å²) >= 11 is 3.25. The molecule has 1 amide bonds. The Balaban J connectivity index is 2.07. The largest absolute Gasteiger partial charge is 0.341 e. The number of amides is 1.